The Morgan fingerprint density at radius 1 is 0.968 bits per heavy atom. The van der Waals surface area contributed by atoms with Crippen LogP contribution in [0.1, 0.15) is 51.0 Å². The average molecular weight is 403 g/mol. The van der Waals surface area contributed by atoms with Crippen molar-refractivity contribution >= 4 is 12.0 Å². The van der Waals surface area contributed by atoms with Crippen LogP contribution < -0.4 is 0 Å². The van der Waals surface area contributed by atoms with E-state index in [4.69, 9.17) is 0 Å². The van der Waals surface area contributed by atoms with E-state index in [9.17, 15) is 15.3 Å². The van der Waals surface area contributed by atoms with Gasteiger partial charge in [0, 0.05) is 23.2 Å². The standard InChI is InChI=1S/C27H21N3O/c1-19-9-3-6-12-23(19)26(31)30-16-15-21-10-5-8-14-25(21)27(30,18-29)20(2)24-13-7-4-11-22(24)17-28/h3-16,20H,1-2H3/t20-,27+/m0/s1. The summed E-state index contributed by atoms with van der Waals surface area (Å²) < 4.78 is 0. The van der Waals surface area contributed by atoms with Crippen LogP contribution in [0.25, 0.3) is 6.08 Å². The second-order valence-electron chi connectivity index (χ2n) is 7.69. The quantitative estimate of drug-likeness (QED) is 0.578. The second kappa shape index (κ2) is 7.94. The number of carbonyl (C=O) groups excluding carboxylic acids is 1. The molecule has 0 unspecified atom stereocenters. The molecule has 0 aromatic heterocycles. The summed E-state index contributed by atoms with van der Waals surface area (Å²) in [4.78, 5) is 15.3. The first kappa shape index (κ1) is 20.1. The summed E-state index contributed by atoms with van der Waals surface area (Å²) in [5.41, 5.74) is 2.96. The molecule has 1 aliphatic rings. The lowest BCUT2D eigenvalue weighted by atomic mass is 9.71. The van der Waals surface area contributed by atoms with Gasteiger partial charge in [0.15, 0.2) is 5.54 Å². The lowest BCUT2D eigenvalue weighted by Crippen LogP contribution is -2.51. The van der Waals surface area contributed by atoms with Crippen molar-refractivity contribution in [3.63, 3.8) is 0 Å². The zero-order chi connectivity index (χ0) is 22.0. The number of hydrogen-bond acceptors (Lipinski definition) is 3. The molecule has 4 nitrogen and oxygen atoms in total. The van der Waals surface area contributed by atoms with E-state index in [1.54, 1.807) is 24.4 Å². The van der Waals surface area contributed by atoms with E-state index in [1.165, 1.54) is 4.90 Å². The molecule has 0 spiro atoms. The predicted molar refractivity (Wildman–Crippen MR) is 120 cm³/mol. The lowest BCUT2D eigenvalue weighted by molar-refractivity contribution is 0.0663. The molecule has 1 heterocycles. The molecule has 0 bridgehead atoms. The van der Waals surface area contributed by atoms with E-state index in [0.717, 1.165) is 22.3 Å². The Hall–Kier alpha value is -4.15. The van der Waals surface area contributed by atoms with Crippen molar-refractivity contribution in [2.75, 3.05) is 0 Å². The van der Waals surface area contributed by atoms with Crippen molar-refractivity contribution < 1.29 is 4.79 Å². The summed E-state index contributed by atoms with van der Waals surface area (Å²) in [5, 5.41) is 20.3. The van der Waals surface area contributed by atoms with Gasteiger partial charge in [0.05, 0.1) is 17.7 Å². The van der Waals surface area contributed by atoms with Gasteiger partial charge < -0.3 is 0 Å². The Balaban J connectivity index is 1.97. The highest BCUT2D eigenvalue weighted by Crippen LogP contribution is 2.47. The summed E-state index contributed by atoms with van der Waals surface area (Å²) in [6, 6.07) is 27.0. The van der Waals surface area contributed by atoms with Crippen molar-refractivity contribution in [1.29, 1.82) is 10.5 Å². The molecular formula is C27H21N3O. The molecule has 2 atom stereocenters. The normalized spacial score (nSPS) is 17.9. The molecule has 0 saturated carbocycles. The minimum atomic E-state index is -1.31. The number of hydrogen-bond donors (Lipinski definition) is 0. The Morgan fingerprint density at radius 3 is 2.39 bits per heavy atom. The lowest BCUT2D eigenvalue weighted by Gasteiger charge is -2.44. The summed E-state index contributed by atoms with van der Waals surface area (Å²) in [6.45, 7) is 3.80. The van der Waals surface area contributed by atoms with Crippen LogP contribution in [-0.2, 0) is 5.54 Å². The van der Waals surface area contributed by atoms with E-state index in [1.807, 2.05) is 74.5 Å². The van der Waals surface area contributed by atoms with Gasteiger partial charge in [-0.05, 0) is 41.8 Å². The Labute approximate surface area is 182 Å². The largest absolute Gasteiger partial charge is 0.291 e. The third kappa shape index (κ3) is 3.10. The van der Waals surface area contributed by atoms with Crippen LogP contribution in [0.4, 0.5) is 0 Å². The summed E-state index contributed by atoms with van der Waals surface area (Å²) in [6.07, 6.45) is 3.57. The van der Waals surface area contributed by atoms with Gasteiger partial charge >= 0.3 is 0 Å². The molecule has 0 radical (unpaired) electrons. The molecule has 3 aromatic rings. The van der Waals surface area contributed by atoms with Crippen LogP contribution in [0.5, 0.6) is 0 Å². The summed E-state index contributed by atoms with van der Waals surface area (Å²) in [7, 11) is 0. The highest BCUT2D eigenvalue weighted by Gasteiger charge is 2.49. The van der Waals surface area contributed by atoms with Crippen molar-refractivity contribution in [3.8, 4) is 12.1 Å². The third-order valence-electron chi connectivity index (χ3n) is 6.09. The van der Waals surface area contributed by atoms with E-state index in [0.29, 0.717) is 11.1 Å². The minimum absolute atomic E-state index is 0.244. The highest BCUT2D eigenvalue weighted by atomic mass is 16.2. The van der Waals surface area contributed by atoms with Crippen LogP contribution in [0.15, 0.2) is 79.0 Å². The number of rotatable bonds is 3. The van der Waals surface area contributed by atoms with Gasteiger partial charge in [0.2, 0.25) is 0 Å². The molecule has 0 fully saturated rings. The zero-order valence-corrected chi connectivity index (χ0v) is 17.4. The monoisotopic (exact) mass is 403 g/mol. The van der Waals surface area contributed by atoms with Gasteiger partial charge in [-0.25, -0.2) is 0 Å². The maximum atomic E-state index is 13.8. The first-order valence-corrected chi connectivity index (χ1v) is 10.1. The van der Waals surface area contributed by atoms with Crippen molar-refractivity contribution in [2.24, 2.45) is 0 Å². The van der Waals surface area contributed by atoms with Gasteiger partial charge in [-0.15, -0.1) is 0 Å². The Kier molecular flexibility index (Phi) is 5.15. The first-order valence-electron chi connectivity index (χ1n) is 10.1. The molecule has 1 aliphatic heterocycles. The van der Waals surface area contributed by atoms with E-state index < -0.39 is 11.5 Å². The molecular weight excluding hydrogens is 382 g/mol. The number of aryl methyl sites for hydroxylation is 1. The van der Waals surface area contributed by atoms with E-state index >= 15 is 0 Å². The molecule has 0 saturated heterocycles. The van der Waals surface area contributed by atoms with Gasteiger partial charge in [-0.2, -0.15) is 10.5 Å². The molecule has 0 N–H and O–H groups in total. The number of nitrogens with zero attached hydrogens (tertiary/aromatic N) is 3. The molecule has 4 rings (SSSR count). The zero-order valence-electron chi connectivity index (χ0n) is 17.4. The fourth-order valence-electron chi connectivity index (χ4n) is 4.42. The molecule has 31 heavy (non-hydrogen) atoms. The molecule has 0 aliphatic carbocycles. The Morgan fingerprint density at radius 2 is 1.65 bits per heavy atom. The van der Waals surface area contributed by atoms with Crippen LogP contribution >= 0.6 is 0 Å². The van der Waals surface area contributed by atoms with E-state index in [-0.39, 0.29) is 5.91 Å². The summed E-state index contributed by atoms with van der Waals surface area (Å²) >= 11 is 0. The average Bonchev–Trinajstić information content (AvgIpc) is 2.82. The fourth-order valence-corrected chi connectivity index (χ4v) is 4.42. The molecule has 1 amide bonds. The maximum absolute atomic E-state index is 13.8. The van der Waals surface area contributed by atoms with Gasteiger partial charge in [0.1, 0.15) is 0 Å². The van der Waals surface area contributed by atoms with Gasteiger partial charge in [0.25, 0.3) is 5.91 Å². The van der Waals surface area contributed by atoms with Crippen molar-refractivity contribution in [2.45, 2.75) is 25.3 Å². The summed E-state index contributed by atoms with van der Waals surface area (Å²) in [5.74, 6) is -0.695. The second-order valence-corrected chi connectivity index (χ2v) is 7.69. The van der Waals surface area contributed by atoms with E-state index in [2.05, 4.69) is 12.1 Å². The number of fused-ring (bicyclic) bond motifs is 1. The number of benzene rings is 3. The molecule has 150 valence electrons. The smallest absolute Gasteiger partial charge is 0.259 e. The van der Waals surface area contributed by atoms with Gasteiger partial charge in [-0.1, -0.05) is 67.6 Å². The minimum Gasteiger partial charge on any atom is -0.291 e. The third-order valence-corrected chi connectivity index (χ3v) is 6.09. The number of carbonyl (C=O) groups is 1. The number of nitriles is 2. The highest BCUT2D eigenvalue weighted by molar-refractivity contribution is 5.98. The first-order chi connectivity index (χ1) is 15.0. The van der Waals surface area contributed by atoms with Crippen LogP contribution in [0.2, 0.25) is 0 Å². The molecule has 3 aromatic carbocycles. The van der Waals surface area contributed by atoms with Crippen LogP contribution in [0, 0.1) is 29.6 Å². The predicted octanol–water partition coefficient (Wildman–Crippen LogP) is 5.52. The fraction of sp³-hybridized carbons (Fsp3) is 0.148. The maximum Gasteiger partial charge on any atom is 0.259 e. The van der Waals surface area contributed by atoms with Crippen LogP contribution in [-0.4, -0.2) is 10.8 Å². The van der Waals surface area contributed by atoms with Gasteiger partial charge in [-0.3, -0.25) is 9.69 Å². The molecule has 4 heteroatoms. The Bertz CT molecular complexity index is 1280. The van der Waals surface area contributed by atoms with Crippen molar-refractivity contribution in [1.82, 2.24) is 4.90 Å². The van der Waals surface area contributed by atoms with Crippen molar-refractivity contribution in [3.05, 3.63) is 112 Å². The number of amides is 1. The topological polar surface area (TPSA) is 67.9 Å². The van der Waals surface area contributed by atoms with Crippen LogP contribution in [0.3, 0.4) is 0 Å². The SMILES string of the molecule is Cc1ccccc1C(=O)N1C=Cc2ccccc2[C@@]1(C#N)[C@@H](C)c1ccccc1C#N.